The van der Waals surface area contributed by atoms with E-state index in [-0.39, 0.29) is 62.7 Å². The van der Waals surface area contributed by atoms with E-state index in [9.17, 15) is 35.5 Å². The molecule has 2 aromatic carbocycles. The maximum absolute atomic E-state index is 13.5. The van der Waals surface area contributed by atoms with Crippen molar-refractivity contribution < 1.29 is 95.1 Å². The monoisotopic (exact) mass is 673 g/mol. The van der Waals surface area contributed by atoms with Gasteiger partial charge in [-0.25, -0.2) is 0 Å². The van der Waals surface area contributed by atoms with E-state index in [1.54, 1.807) is 13.3 Å². The smallest absolute Gasteiger partial charge is 0.384 e. The van der Waals surface area contributed by atoms with Crippen LogP contribution in [-0.2, 0) is 9.13 Å². The molecule has 0 saturated carbocycles. The van der Waals surface area contributed by atoms with Crippen LogP contribution in [0.5, 0.6) is 0 Å². The number of benzene rings is 2. The van der Waals surface area contributed by atoms with Crippen molar-refractivity contribution in [2.75, 3.05) is 19.2 Å². The molecule has 0 heterocycles. The van der Waals surface area contributed by atoms with Gasteiger partial charge in [-0.05, 0) is 13.3 Å². The number of halogens is 6. The van der Waals surface area contributed by atoms with Crippen molar-refractivity contribution in [1.29, 1.82) is 0 Å². The molecular weight excluding hydrogens is 644 g/mol. The number of hydrogen-bond acceptors (Lipinski definition) is 4. The fourth-order valence-electron chi connectivity index (χ4n) is 2.61. The van der Waals surface area contributed by atoms with Gasteiger partial charge in [0.25, 0.3) is 0 Å². The summed E-state index contributed by atoms with van der Waals surface area (Å²) < 4.78 is 94.5. The summed E-state index contributed by atoms with van der Waals surface area (Å²) in [6, 6.07) is 18.8. The van der Waals surface area contributed by atoms with Gasteiger partial charge in [0.1, 0.15) is 7.14 Å². The van der Waals surface area contributed by atoms with Crippen LogP contribution in [0.1, 0.15) is 13.8 Å². The van der Waals surface area contributed by atoms with Gasteiger partial charge < -0.3 is 19.3 Å². The van der Waals surface area contributed by atoms with Crippen LogP contribution in [0.3, 0.4) is 0 Å². The van der Waals surface area contributed by atoms with E-state index in [2.05, 4.69) is 0 Å². The van der Waals surface area contributed by atoms with Gasteiger partial charge in [0, 0.05) is 66.4 Å². The Balaban J connectivity index is 0. The van der Waals surface area contributed by atoms with E-state index >= 15 is 0 Å². The molecule has 2 unspecified atom stereocenters. The van der Waals surface area contributed by atoms with E-state index in [0.717, 1.165) is 10.6 Å². The summed E-state index contributed by atoms with van der Waals surface area (Å²) in [5.74, 6) is 0.244. The molecule has 0 aliphatic heterocycles. The van der Waals surface area contributed by atoms with Gasteiger partial charge in [0.2, 0.25) is 0 Å². The second kappa shape index (κ2) is 14.7. The predicted molar refractivity (Wildman–Crippen MR) is 120 cm³/mol. The SMILES string of the molecule is C.CP(C)(=O)CP(=O)(c1ccccc1)c1ccccc1.OC(CC(O)C(F)(F)F)C(F)(F)F.[Eu]. The maximum Gasteiger partial charge on any atom is 0.414 e. The number of aliphatic hydroxyl groups excluding tert-OH is 2. The number of hydrogen-bond donors (Lipinski definition) is 2. The summed E-state index contributed by atoms with van der Waals surface area (Å²) in [5.41, 5.74) is 0. The number of aliphatic hydroxyl groups is 2. The summed E-state index contributed by atoms with van der Waals surface area (Å²) in [6.45, 7) is 3.40. The third-order valence-electron chi connectivity index (χ3n) is 4.09. The first-order valence-corrected chi connectivity index (χ1v) is 13.9. The van der Waals surface area contributed by atoms with Crippen molar-refractivity contribution in [2.24, 2.45) is 0 Å². The van der Waals surface area contributed by atoms with Gasteiger partial charge in [-0.3, -0.25) is 0 Å². The molecule has 2 rings (SSSR count). The summed E-state index contributed by atoms with van der Waals surface area (Å²) in [5, 5.41) is 17.8. The van der Waals surface area contributed by atoms with Gasteiger partial charge in [0.05, 0.1) is 13.0 Å². The van der Waals surface area contributed by atoms with E-state index < -0.39 is 45.3 Å². The van der Waals surface area contributed by atoms with Crippen molar-refractivity contribution in [3.63, 3.8) is 0 Å². The second-order valence-electron chi connectivity index (χ2n) is 7.48. The Kier molecular flexibility index (Phi) is 15.6. The van der Waals surface area contributed by atoms with E-state index in [4.69, 9.17) is 10.2 Å². The largest absolute Gasteiger partial charge is 0.414 e. The molecule has 1 radical (unpaired) electrons. The second-order valence-corrected chi connectivity index (χ2v) is 14.3. The first kappa shape index (κ1) is 36.1. The molecular formula is C21H28EuF6O4P2. The third-order valence-corrected chi connectivity index (χ3v) is 10.7. The zero-order valence-corrected chi connectivity index (χ0v) is 21.8. The van der Waals surface area contributed by atoms with Crippen LogP contribution in [0.4, 0.5) is 26.3 Å². The molecule has 0 aliphatic carbocycles. The third kappa shape index (κ3) is 12.3. The molecule has 0 saturated heterocycles. The zero-order chi connectivity index (χ0) is 24.8. The first-order valence-electron chi connectivity index (χ1n) is 9.20. The molecule has 0 amide bonds. The molecule has 13 heteroatoms. The molecule has 2 aromatic rings. The van der Waals surface area contributed by atoms with E-state index in [1.807, 2.05) is 60.7 Å². The molecule has 0 spiro atoms. The van der Waals surface area contributed by atoms with Crippen LogP contribution < -0.4 is 10.6 Å². The molecule has 0 fully saturated rings. The Morgan fingerprint density at radius 3 is 1.26 bits per heavy atom. The maximum atomic E-state index is 13.5. The van der Waals surface area contributed by atoms with E-state index in [1.165, 1.54) is 0 Å². The van der Waals surface area contributed by atoms with Gasteiger partial charge >= 0.3 is 12.4 Å². The summed E-state index contributed by atoms with van der Waals surface area (Å²) in [7, 11) is -5.19. The van der Waals surface area contributed by atoms with Crippen LogP contribution in [-0.4, -0.2) is 54.0 Å². The molecule has 0 aromatic heterocycles. The molecule has 195 valence electrons. The van der Waals surface area contributed by atoms with Crippen LogP contribution in [0.15, 0.2) is 60.7 Å². The van der Waals surface area contributed by atoms with Crippen molar-refractivity contribution >= 4 is 24.9 Å². The summed E-state index contributed by atoms with van der Waals surface area (Å²) in [4.78, 5) is 0. The van der Waals surface area contributed by atoms with Crippen molar-refractivity contribution in [1.82, 2.24) is 0 Å². The van der Waals surface area contributed by atoms with Gasteiger partial charge in [0.15, 0.2) is 12.2 Å². The molecule has 0 aliphatic rings. The number of alkyl halides is 6. The Labute approximate surface area is 236 Å². The Morgan fingerprint density at radius 2 is 1.03 bits per heavy atom. The summed E-state index contributed by atoms with van der Waals surface area (Å²) in [6.07, 6.45) is -18.4. The number of rotatable bonds is 6. The van der Waals surface area contributed by atoms with Crippen LogP contribution in [0.25, 0.3) is 0 Å². The Hall–Kier alpha value is -0.0156. The van der Waals surface area contributed by atoms with E-state index in [0.29, 0.717) is 0 Å². The average Bonchev–Trinajstić information content (AvgIpc) is 2.67. The topological polar surface area (TPSA) is 74.6 Å². The Morgan fingerprint density at radius 1 is 0.735 bits per heavy atom. The van der Waals surface area contributed by atoms with Crippen LogP contribution in [0, 0.1) is 49.4 Å². The minimum absolute atomic E-state index is 0. The van der Waals surface area contributed by atoms with Gasteiger partial charge in [-0.2, -0.15) is 26.3 Å². The van der Waals surface area contributed by atoms with Crippen molar-refractivity contribution in [3.05, 3.63) is 60.7 Å². The van der Waals surface area contributed by atoms with Gasteiger partial charge in [-0.15, -0.1) is 0 Å². The molecule has 34 heavy (non-hydrogen) atoms. The fourth-order valence-corrected chi connectivity index (χ4v) is 9.36. The zero-order valence-electron chi connectivity index (χ0n) is 17.6. The minimum atomic E-state index is -5.15. The fraction of sp³-hybridized carbons (Fsp3) is 0.429. The Bertz CT molecular complexity index is 872. The minimum Gasteiger partial charge on any atom is -0.384 e. The molecule has 2 atom stereocenters. The quantitative estimate of drug-likeness (QED) is 0.317. The molecule has 0 bridgehead atoms. The normalized spacial score (nSPS) is 13.9. The van der Waals surface area contributed by atoms with Crippen molar-refractivity contribution in [2.45, 2.75) is 38.4 Å². The van der Waals surface area contributed by atoms with Crippen molar-refractivity contribution in [3.8, 4) is 0 Å². The molecule has 2 N–H and O–H groups in total. The predicted octanol–water partition coefficient (Wildman–Crippen LogP) is 5.44. The summed E-state index contributed by atoms with van der Waals surface area (Å²) >= 11 is 0. The first-order chi connectivity index (χ1) is 14.5. The standard InChI is InChI=1S/C15H18O2P2.C5H6F6O2.CH4.Eu/c1-18(2,16)13-19(17,14-9-5-3-6-10-14)15-11-7-4-8-12-15;6-4(7,8)2(12)1-3(13)5(9,10)11;;/h3-12H,13H2,1-2H3;2-3,12-13H,1H2;1H4;. The van der Waals surface area contributed by atoms with Gasteiger partial charge in [-0.1, -0.05) is 68.1 Å². The molecule has 4 nitrogen and oxygen atoms in total. The average molecular weight is 672 g/mol. The van der Waals surface area contributed by atoms with Crippen LogP contribution in [0.2, 0.25) is 0 Å². The van der Waals surface area contributed by atoms with Crippen LogP contribution >= 0.6 is 14.3 Å².